The maximum atomic E-state index is 12.8. The summed E-state index contributed by atoms with van der Waals surface area (Å²) >= 11 is 0. The molecule has 9 heteroatoms. The Balaban J connectivity index is 2.03. The van der Waals surface area contributed by atoms with Crippen LogP contribution in [0.1, 0.15) is 12.8 Å². The number of likely N-dealkylation sites (tertiary alicyclic amines) is 2. The fraction of sp³-hybridized carbons (Fsp3) is 0.750. The van der Waals surface area contributed by atoms with Crippen molar-refractivity contribution in [3.63, 3.8) is 0 Å². The Bertz CT molecular complexity index is 466. The molecular formula is C12H15F3N2O4. The first-order valence-electron chi connectivity index (χ1n) is 6.55. The number of hydrogen-bond acceptors (Lipinski definition) is 3. The molecule has 0 aromatic carbocycles. The fourth-order valence-electron chi connectivity index (χ4n) is 2.72. The highest BCUT2D eigenvalue weighted by molar-refractivity contribution is 5.86. The third-order valence-electron chi connectivity index (χ3n) is 3.91. The summed E-state index contributed by atoms with van der Waals surface area (Å²) in [7, 11) is 0. The standard InChI is InChI=1S/C12H15F3N2O4/c13-12(14,15)8-5-17(4-7(8)11(20)21)10(19)6-16-3-1-2-9(16)18/h7-8H,1-6H2,(H,20,21)/t7-,8-/m1/s1. The maximum Gasteiger partial charge on any atom is 0.394 e. The van der Waals surface area contributed by atoms with Crippen molar-refractivity contribution in [2.45, 2.75) is 19.0 Å². The van der Waals surface area contributed by atoms with E-state index in [2.05, 4.69) is 0 Å². The second-order valence-electron chi connectivity index (χ2n) is 5.31. The quantitative estimate of drug-likeness (QED) is 0.815. The van der Waals surface area contributed by atoms with Crippen LogP contribution in [0.15, 0.2) is 0 Å². The summed E-state index contributed by atoms with van der Waals surface area (Å²) in [5.74, 6) is -6.12. The highest BCUT2D eigenvalue weighted by Gasteiger charge is 2.53. The molecule has 2 heterocycles. The van der Waals surface area contributed by atoms with Gasteiger partial charge in [0.1, 0.15) is 0 Å². The highest BCUT2D eigenvalue weighted by atomic mass is 19.4. The van der Waals surface area contributed by atoms with Gasteiger partial charge in [-0.15, -0.1) is 0 Å². The summed E-state index contributed by atoms with van der Waals surface area (Å²) < 4.78 is 38.4. The number of carboxylic acid groups (broad SMARTS) is 1. The van der Waals surface area contributed by atoms with Crippen molar-refractivity contribution in [1.29, 1.82) is 0 Å². The van der Waals surface area contributed by atoms with Gasteiger partial charge in [-0.05, 0) is 6.42 Å². The number of hydrogen-bond donors (Lipinski definition) is 1. The molecular weight excluding hydrogens is 293 g/mol. The number of rotatable bonds is 3. The normalized spacial score (nSPS) is 26.5. The van der Waals surface area contributed by atoms with Crippen LogP contribution in [-0.2, 0) is 14.4 Å². The number of nitrogens with zero attached hydrogens (tertiary/aromatic N) is 2. The van der Waals surface area contributed by atoms with E-state index in [0.717, 1.165) is 4.90 Å². The molecule has 0 aromatic heterocycles. The molecule has 6 nitrogen and oxygen atoms in total. The van der Waals surface area contributed by atoms with Gasteiger partial charge in [-0.25, -0.2) is 0 Å². The lowest BCUT2D eigenvalue weighted by Crippen LogP contribution is -2.40. The molecule has 0 aliphatic carbocycles. The summed E-state index contributed by atoms with van der Waals surface area (Å²) in [6.45, 7) is -1.01. The van der Waals surface area contributed by atoms with Crippen molar-refractivity contribution in [3.05, 3.63) is 0 Å². The molecule has 2 rings (SSSR count). The summed E-state index contributed by atoms with van der Waals surface area (Å²) in [5, 5.41) is 8.87. The Morgan fingerprint density at radius 3 is 2.38 bits per heavy atom. The first-order chi connectivity index (χ1) is 9.70. The van der Waals surface area contributed by atoms with Crippen molar-refractivity contribution < 1.29 is 32.7 Å². The molecule has 2 fully saturated rings. The van der Waals surface area contributed by atoms with Gasteiger partial charge < -0.3 is 14.9 Å². The summed E-state index contributed by atoms with van der Waals surface area (Å²) in [5.41, 5.74) is 0. The minimum absolute atomic E-state index is 0.204. The van der Waals surface area contributed by atoms with Crippen molar-refractivity contribution in [2.75, 3.05) is 26.2 Å². The predicted octanol–water partition coefficient (Wildman–Crippen LogP) is 0.330. The number of carbonyl (C=O) groups is 3. The summed E-state index contributed by atoms with van der Waals surface area (Å²) in [6, 6.07) is 0. The Labute approximate surface area is 118 Å². The fourth-order valence-corrected chi connectivity index (χ4v) is 2.72. The minimum Gasteiger partial charge on any atom is -0.481 e. The molecule has 118 valence electrons. The first kappa shape index (κ1) is 15.6. The molecule has 21 heavy (non-hydrogen) atoms. The van der Waals surface area contributed by atoms with Crippen molar-refractivity contribution in [2.24, 2.45) is 11.8 Å². The average molecular weight is 308 g/mol. The van der Waals surface area contributed by atoms with Gasteiger partial charge in [-0.3, -0.25) is 14.4 Å². The number of aliphatic carboxylic acids is 1. The van der Waals surface area contributed by atoms with E-state index in [1.54, 1.807) is 0 Å². The minimum atomic E-state index is -4.67. The molecule has 1 N–H and O–H groups in total. The smallest absolute Gasteiger partial charge is 0.394 e. The van der Waals surface area contributed by atoms with Gasteiger partial charge in [-0.1, -0.05) is 0 Å². The van der Waals surface area contributed by atoms with E-state index in [1.165, 1.54) is 4.90 Å². The number of halogens is 3. The van der Waals surface area contributed by atoms with E-state index in [1.807, 2.05) is 0 Å². The SMILES string of the molecule is O=C(O)[C@@H]1CN(C(=O)CN2CCCC2=O)C[C@H]1C(F)(F)F. The van der Waals surface area contributed by atoms with Crippen molar-refractivity contribution in [3.8, 4) is 0 Å². The Morgan fingerprint density at radius 1 is 1.29 bits per heavy atom. The molecule has 2 aliphatic heterocycles. The zero-order valence-electron chi connectivity index (χ0n) is 11.1. The molecule has 0 spiro atoms. The molecule has 0 saturated carbocycles. The van der Waals surface area contributed by atoms with Crippen LogP contribution in [0.5, 0.6) is 0 Å². The summed E-state index contributed by atoms with van der Waals surface area (Å²) in [4.78, 5) is 36.5. The van der Waals surface area contributed by atoms with Crippen LogP contribution < -0.4 is 0 Å². The van der Waals surface area contributed by atoms with Gasteiger partial charge in [0.15, 0.2) is 0 Å². The third-order valence-corrected chi connectivity index (χ3v) is 3.91. The first-order valence-corrected chi connectivity index (χ1v) is 6.55. The lowest BCUT2D eigenvalue weighted by Gasteiger charge is -2.21. The maximum absolute atomic E-state index is 12.8. The van der Waals surface area contributed by atoms with Crippen molar-refractivity contribution >= 4 is 17.8 Å². The van der Waals surface area contributed by atoms with Crippen LogP contribution in [0.3, 0.4) is 0 Å². The van der Waals surface area contributed by atoms with Gasteiger partial charge >= 0.3 is 12.1 Å². The zero-order chi connectivity index (χ0) is 15.8. The predicted molar refractivity (Wildman–Crippen MR) is 63.1 cm³/mol. The van der Waals surface area contributed by atoms with Gasteiger partial charge in [0.2, 0.25) is 11.8 Å². The molecule has 0 unspecified atom stereocenters. The van der Waals surface area contributed by atoms with Crippen LogP contribution in [-0.4, -0.2) is 65.0 Å². The molecule has 2 amide bonds. The van der Waals surface area contributed by atoms with Gasteiger partial charge in [0.25, 0.3) is 0 Å². The van der Waals surface area contributed by atoms with E-state index >= 15 is 0 Å². The van der Waals surface area contributed by atoms with Crippen LogP contribution in [0.25, 0.3) is 0 Å². The van der Waals surface area contributed by atoms with Gasteiger partial charge in [0, 0.05) is 26.1 Å². The second kappa shape index (κ2) is 5.53. The summed E-state index contributed by atoms with van der Waals surface area (Å²) in [6.07, 6.45) is -3.72. The van der Waals surface area contributed by atoms with Crippen LogP contribution in [0.4, 0.5) is 13.2 Å². The van der Waals surface area contributed by atoms with E-state index in [4.69, 9.17) is 5.11 Å². The Morgan fingerprint density at radius 2 is 1.95 bits per heavy atom. The van der Waals surface area contributed by atoms with E-state index in [9.17, 15) is 27.6 Å². The average Bonchev–Trinajstić information content (AvgIpc) is 2.95. The number of amides is 2. The molecule has 0 bridgehead atoms. The number of alkyl halides is 3. The van der Waals surface area contributed by atoms with Crippen LogP contribution >= 0.6 is 0 Å². The largest absolute Gasteiger partial charge is 0.481 e. The van der Waals surface area contributed by atoms with E-state index in [-0.39, 0.29) is 12.5 Å². The van der Waals surface area contributed by atoms with Gasteiger partial charge in [-0.2, -0.15) is 13.2 Å². The second-order valence-corrected chi connectivity index (χ2v) is 5.31. The number of carbonyl (C=O) groups excluding carboxylic acids is 2. The molecule has 2 saturated heterocycles. The van der Waals surface area contributed by atoms with E-state index in [0.29, 0.717) is 19.4 Å². The topological polar surface area (TPSA) is 77.9 Å². The number of carboxylic acids is 1. The zero-order valence-corrected chi connectivity index (χ0v) is 11.1. The molecule has 2 atom stereocenters. The molecule has 0 radical (unpaired) electrons. The van der Waals surface area contributed by atoms with Crippen LogP contribution in [0, 0.1) is 11.8 Å². The van der Waals surface area contributed by atoms with Crippen molar-refractivity contribution in [1.82, 2.24) is 9.80 Å². The van der Waals surface area contributed by atoms with Gasteiger partial charge in [0.05, 0.1) is 18.4 Å². The molecule has 2 aliphatic rings. The van der Waals surface area contributed by atoms with Crippen LogP contribution in [0.2, 0.25) is 0 Å². The lowest BCUT2D eigenvalue weighted by atomic mass is 9.96. The van der Waals surface area contributed by atoms with E-state index < -0.39 is 43.0 Å². The highest BCUT2D eigenvalue weighted by Crippen LogP contribution is 2.37. The third kappa shape index (κ3) is 3.27. The Hall–Kier alpha value is -1.80. The Kier molecular flexibility index (Phi) is 4.11. The molecule has 0 aromatic rings. The monoisotopic (exact) mass is 308 g/mol. The lowest BCUT2D eigenvalue weighted by molar-refractivity contribution is -0.188.